The van der Waals surface area contributed by atoms with E-state index in [1.54, 1.807) is 0 Å². The minimum atomic E-state index is -0.944. The fourth-order valence-electron chi connectivity index (χ4n) is 1.86. The van der Waals surface area contributed by atoms with Gasteiger partial charge in [0.2, 0.25) is 5.91 Å². The van der Waals surface area contributed by atoms with E-state index >= 15 is 0 Å². The Morgan fingerprint density at radius 2 is 1.72 bits per heavy atom. The third-order valence-corrected chi connectivity index (χ3v) is 2.90. The molecule has 2 rings (SSSR count). The molecule has 2 heterocycles. The molecule has 2 aliphatic rings. The first-order chi connectivity index (χ1) is 8.50. The summed E-state index contributed by atoms with van der Waals surface area (Å²) >= 11 is 0. The number of piperidine rings is 1. The van der Waals surface area contributed by atoms with E-state index in [1.165, 1.54) is 0 Å². The Hall–Kier alpha value is -1.63. The Kier molecular flexibility index (Phi) is 5.57. The maximum absolute atomic E-state index is 10.4. The number of carboxylic acid groups (broad SMARTS) is 2. The van der Waals surface area contributed by atoms with Gasteiger partial charge in [0.15, 0.2) is 0 Å². The van der Waals surface area contributed by atoms with Crippen LogP contribution in [0.2, 0.25) is 0 Å². The SMILES string of the molecule is O=C(O)C1CCCCN1.O=C1CC[C@@H](C(=O)O)N1. The molecule has 1 amide bonds. The average molecular weight is 258 g/mol. The van der Waals surface area contributed by atoms with Crippen molar-refractivity contribution in [1.82, 2.24) is 10.6 Å². The number of hydrogen-bond acceptors (Lipinski definition) is 4. The summed E-state index contributed by atoms with van der Waals surface area (Å²) in [5.74, 6) is -1.82. The van der Waals surface area contributed by atoms with Gasteiger partial charge in [-0.3, -0.25) is 9.59 Å². The maximum Gasteiger partial charge on any atom is 0.326 e. The average Bonchev–Trinajstić information content (AvgIpc) is 2.78. The number of aliphatic carboxylic acids is 2. The van der Waals surface area contributed by atoms with Crippen LogP contribution in [-0.2, 0) is 14.4 Å². The lowest BCUT2D eigenvalue weighted by Crippen LogP contribution is -2.40. The molecule has 2 atom stereocenters. The van der Waals surface area contributed by atoms with Crippen molar-refractivity contribution in [2.75, 3.05) is 6.54 Å². The first kappa shape index (κ1) is 14.4. The molecule has 1 unspecified atom stereocenters. The lowest BCUT2D eigenvalue weighted by atomic mass is 10.1. The van der Waals surface area contributed by atoms with Crippen LogP contribution in [0, 0.1) is 0 Å². The van der Waals surface area contributed by atoms with Crippen LogP contribution in [0.25, 0.3) is 0 Å². The van der Waals surface area contributed by atoms with Crippen molar-refractivity contribution >= 4 is 17.8 Å². The number of nitrogens with one attached hydrogen (secondary N) is 2. The fourth-order valence-corrected chi connectivity index (χ4v) is 1.86. The van der Waals surface area contributed by atoms with Crippen molar-refractivity contribution in [2.45, 2.75) is 44.2 Å². The van der Waals surface area contributed by atoms with Crippen molar-refractivity contribution in [3.63, 3.8) is 0 Å². The van der Waals surface area contributed by atoms with E-state index in [9.17, 15) is 14.4 Å². The fraction of sp³-hybridized carbons (Fsp3) is 0.727. The van der Waals surface area contributed by atoms with E-state index < -0.39 is 18.0 Å². The maximum atomic E-state index is 10.4. The van der Waals surface area contributed by atoms with Gasteiger partial charge in [-0.2, -0.15) is 0 Å². The summed E-state index contributed by atoms with van der Waals surface area (Å²) in [7, 11) is 0. The zero-order valence-electron chi connectivity index (χ0n) is 10.0. The Labute approximate surface area is 105 Å². The molecule has 7 nitrogen and oxygen atoms in total. The van der Waals surface area contributed by atoms with E-state index in [0.717, 1.165) is 25.8 Å². The molecule has 4 N–H and O–H groups in total. The predicted octanol–water partition coefficient (Wildman–Crippen LogP) is -0.437. The molecule has 0 aliphatic carbocycles. The zero-order valence-corrected chi connectivity index (χ0v) is 10.0. The summed E-state index contributed by atoms with van der Waals surface area (Å²) < 4.78 is 0. The summed E-state index contributed by atoms with van der Waals surface area (Å²) in [5, 5.41) is 22.0. The first-order valence-corrected chi connectivity index (χ1v) is 5.99. The minimum Gasteiger partial charge on any atom is -0.480 e. The Morgan fingerprint density at radius 1 is 1.06 bits per heavy atom. The Bertz CT molecular complexity index is 325. The number of carbonyl (C=O) groups is 3. The van der Waals surface area contributed by atoms with Crippen molar-refractivity contribution < 1.29 is 24.6 Å². The van der Waals surface area contributed by atoms with E-state index in [4.69, 9.17) is 10.2 Å². The van der Waals surface area contributed by atoms with Gasteiger partial charge in [0.05, 0.1) is 0 Å². The van der Waals surface area contributed by atoms with Crippen LogP contribution < -0.4 is 10.6 Å². The predicted molar refractivity (Wildman–Crippen MR) is 62.1 cm³/mol. The number of amides is 1. The zero-order chi connectivity index (χ0) is 13.5. The van der Waals surface area contributed by atoms with Crippen LogP contribution in [-0.4, -0.2) is 46.7 Å². The highest BCUT2D eigenvalue weighted by atomic mass is 16.4. The summed E-state index contributed by atoms with van der Waals surface area (Å²) in [4.78, 5) is 30.8. The molecule has 0 aromatic rings. The second-order valence-corrected chi connectivity index (χ2v) is 4.34. The second kappa shape index (κ2) is 6.95. The number of hydrogen-bond donors (Lipinski definition) is 4. The van der Waals surface area contributed by atoms with Crippen LogP contribution in [0.5, 0.6) is 0 Å². The van der Waals surface area contributed by atoms with Gasteiger partial charge in [0.1, 0.15) is 12.1 Å². The van der Waals surface area contributed by atoms with E-state index in [-0.39, 0.29) is 11.9 Å². The van der Waals surface area contributed by atoms with E-state index in [0.29, 0.717) is 12.8 Å². The summed E-state index contributed by atoms with van der Waals surface area (Å²) in [6.45, 7) is 0.858. The Morgan fingerprint density at radius 3 is 2.00 bits per heavy atom. The number of rotatable bonds is 2. The molecule has 7 heteroatoms. The van der Waals surface area contributed by atoms with Crippen molar-refractivity contribution in [3.8, 4) is 0 Å². The normalized spacial score (nSPS) is 26.8. The molecule has 0 bridgehead atoms. The molecule has 0 aromatic carbocycles. The molecular weight excluding hydrogens is 240 g/mol. The van der Waals surface area contributed by atoms with Gasteiger partial charge in [0.25, 0.3) is 0 Å². The molecule has 18 heavy (non-hydrogen) atoms. The summed E-state index contributed by atoms with van der Waals surface area (Å²) in [5.41, 5.74) is 0. The largest absolute Gasteiger partial charge is 0.480 e. The molecule has 2 saturated heterocycles. The number of carboxylic acids is 2. The monoisotopic (exact) mass is 258 g/mol. The van der Waals surface area contributed by atoms with E-state index in [2.05, 4.69) is 10.6 Å². The molecule has 2 fully saturated rings. The number of carbonyl (C=O) groups excluding carboxylic acids is 1. The molecule has 102 valence electrons. The Balaban J connectivity index is 0.000000180. The topological polar surface area (TPSA) is 116 Å². The highest BCUT2D eigenvalue weighted by Crippen LogP contribution is 2.06. The molecule has 0 saturated carbocycles. The van der Waals surface area contributed by atoms with Gasteiger partial charge in [-0.05, 0) is 25.8 Å². The third-order valence-electron chi connectivity index (χ3n) is 2.90. The lowest BCUT2D eigenvalue weighted by molar-refractivity contribution is -0.140. The highest BCUT2D eigenvalue weighted by molar-refractivity contribution is 5.87. The molecule has 2 aliphatic heterocycles. The quantitative estimate of drug-likeness (QED) is 0.534. The smallest absolute Gasteiger partial charge is 0.326 e. The third kappa shape index (κ3) is 4.70. The molecule has 0 aromatic heterocycles. The lowest BCUT2D eigenvalue weighted by Gasteiger charge is -2.18. The first-order valence-electron chi connectivity index (χ1n) is 5.99. The van der Waals surface area contributed by atoms with Crippen LogP contribution in [0.4, 0.5) is 0 Å². The summed E-state index contributed by atoms with van der Waals surface area (Å²) in [6.07, 6.45) is 3.72. The van der Waals surface area contributed by atoms with Gasteiger partial charge in [0, 0.05) is 6.42 Å². The van der Waals surface area contributed by atoms with Crippen LogP contribution >= 0.6 is 0 Å². The van der Waals surface area contributed by atoms with Crippen LogP contribution in [0.15, 0.2) is 0 Å². The van der Waals surface area contributed by atoms with Crippen LogP contribution in [0.3, 0.4) is 0 Å². The van der Waals surface area contributed by atoms with Gasteiger partial charge in [-0.25, -0.2) is 4.79 Å². The standard InChI is InChI=1S/C6H11NO2.C5H7NO3/c8-6(9)5-3-1-2-4-7-5;7-4-2-1-3(6-4)5(8)9/h5,7H,1-4H2,(H,8,9);3H,1-2H2,(H,6,7)(H,8,9)/t;3-/m.0/s1. The second-order valence-electron chi connectivity index (χ2n) is 4.34. The van der Waals surface area contributed by atoms with Crippen molar-refractivity contribution in [1.29, 1.82) is 0 Å². The van der Waals surface area contributed by atoms with Crippen molar-refractivity contribution in [3.05, 3.63) is 0 Å². The van der Waals surface area contributed by atoms with Crippen molar-refractivity contribution in [2.24, 2.45) is 0 Å². The highest BCUT2D eigenvalue weighted by Gasteiger charge is 2.26. The molecule has 0 radical (unpaired) electrons. The molecule has 0 spiro atoms. The van der Waals surface area contributed by atoms with E-state index in [1.807, 2.05) is 0 Å². The summed E-state index contributed by atoms with van der Waals surface area (Å²) in [6, 6.07) is -0.920. The van der Waals surface area contributed by atoms with Gasteiger partial charge >= 0.3 is 11.9 Å². The van der Waals surface area contributed by atoms with Gasteiger partial charge in [-0.15, -0.1) is 0 Å². The minimum absolute atomic E-state index is 0.164. The van der Waals surface area contributed by atoms with Gasteiger partial charge in [-0.1, -0.05) is 6.42 Å². The van der Waals surface area contributed by atoms with Gasteiger partial charge < -0.3 is 20.8 Å². The van der Waals surface area contributed by atoms with Crippen LogP contribution in [0.1, 0.15) is 32.1 Å². The molecular formula is C11H18N2O5.